The molecule has 1 amide bonds. The van der Waals surface area contributed by atoms with Crippen LogP contribution in [0.1, 0.15) is 19.8 Å². The molecule has 0 saturated heterocycles. The molecule has 1 aromatic rings. The fraction of sp³-hybridized carbons (Fsp3) is 0.455. The molecule has 0 aromatic carbocycles. The summed E-state index contributed by atoms with van der Waals surface area (Å²) in [5.41, 5.74) is 5.36. The molecule has 1 atom stereocenters. The highest BCUT2D eigenvalue weighted by Gasteiger charge is 2.12. The van der Waals surface area contributed by atoms with Crippen molar-refractivity contribution < 1.29 is 9.18 Å². The molecule has 1 aromatic heterocycles. The quantitative estimate of drug-likeness (QED) is 0.798. The Bertz CT molecular complexity index is 340. The van der Waals surface area contributed by atoms with E-state index in [0.29, 0.717) is 12.4 Å². The molecule has 0 radical (unpaired) electrons. The molecule has 1 rings (SSSR count). The van der Waals surface area contributed by atoms with Gasteiger partial charge in [0.2, 0.25) is 5.91 Å². The van der Waals surface area contributed by atoms with Gasteiger partial charge < -0.3 is 11.1 Å². The number of amides is 1. The molecule has 0 aliphatic heterocycles. The Labute approximate surface area is 94.1 Å². The average Bonchev–Trinajstić information content (AvgIpc) is 2.29. The first kappa shape index (κ1) is 12.6. The fourth-order valence-electron chi connectivity index (χ4n) is 1.25. The first-order valence-electron chi connectivity index (χ1n) is 5.26. The molecule has 0 bridgehead atoms. The predicted octanol–water partition coefficient (Wildman–Crippen LogP) is 1.53. The minimum atomic E-state index is -0.422. The van der Waals surface area contributed by atoms with Crippen molar-refractivity contribution in [2.75, 3.05) is 11.9 Å². The highest BCUT2D eigenvalue weighted by atomic mass is 19.1. The zero-order chi connectivity index (χ0) is 12.0. The van der Waals surface area contributed by atoms with Crippen molar-refractivity contribution in [2.45, 2.75) is 19.8 Å². The topological polar surface area (TPSA) is 68.0 Å². The lowest BCUT2D eigenvalue weighted by Gasteiger charge is -2.10. The maximum atomic E-state index is 12.6. The van der Waals surface area contributed by atoms with Crippen molar-refractivity contribution in [1.82, 2.24) is 4.98 Å². The van der Waals surface area contributed by atoms with Crippen LogP contribution < -0.4 is 11.1 Å². The summed E-state index contributed by atoms with van der Waals surface area (Å²) in [5, 5.41) is 2.62. The van der Waals surface area contributed by atoms with E-state index in [-0.39, 0.29) is 11.8 Å². The lowest BCUT2D eigenvalue weighted by Crippen LogP contribution is -2.21. The van der Waals surface area contributed by atoms with Crippen LogP contribution in [0.5, 0.6) is 0 Å². The van der Waals surface area contributed by atoms with Crippen molar-refractivity contribution in [3.63, 3.8) is 0 Å². The molecule has 16 heavy (non-hydrogen) atoms. The average molecular weight is 225 g/mol. The Morgan fingerprint density at radius 2 is 2.38 bits per heavy atom. The van der Waals surface area contributed by atoms with Crippen LogP contribution in [0.4, 0.5) is 10.2 Å². The van der Waals surface area contributed by atoms with Gasteiger partial charge in [0, 0.05) is 5.92 Å². The van der Waals surface area contributed by atoms with Crippen molar-refractivity contribution in [3.8, 4) is 0 Å². The summed E-state index contributed by atoms with van der Waals surface area (Å²) in [6.07, 6.45) is 2.62. The Kier molecular flexibility index (Phi) is 4.85. The number of carbonyl (C=O) groups is 1. The second-order valence-electron chi connectivity index (χ2n) is 3.68. The van der Waals surface area contributed by atoms with Gasteiger partial charge in [0.1, 0.15) is 11.6 Å². The molecule has 0 fully saturated rings. The number of anilines is 1. The number of nitrogens with one attached hydrogen (secondary N) is 1. The summed E-state index contributed by atoms with van der Waals surface area (Å²) in [6, 6.07) is 2.69. The Balaban J connectivity index is 2.47. The van der Waals surface area contributed by atoms with E-state index in [4.69, 9.17) is 5.73 Å². The van der Waals surface area contributed by atoms with Crippen molar-refractivity contribution in [3.05, 3.63) is 24.1 Å². The van der Waals surface area contributed by atoms with Crippen molar-refractivity contribution >= 4 is 11.7 Å². The third-order valence-electron chi connectivity index (χ3n) is 2.27. The molecular formula is C11H16FN3O. The molecule has 88 valence electrons. The predicted molar refractivity (Wildman–Crippen MR) is 60.3 cm³/mol. The van der Waals surface area contributed by atoms with Crippen LogP contribution >= 0.6 is 0 Å². The van der Waals surface area contributed by atoms with Crippen LogP contribution in [0.2, 0.25) is 0 Å². The number of hydrogen-bond acceptors (Lipinski definition) is 3. The lowest BCUT2D eigenvalue weighted by atomic mass is 10.1. The van der Waals surface area contributed by atoms with E-state index >= 15 is 0 Å². The van der Waals surface area contributed by atoms with Crippen molar-refractivity contribution in [2.24, 2.45) is 11.7 Å². The molecule has 3 N–H and O–H groups in total. The van der Waals surface area contributed by atoms with Gasteiger partial charge in [-0.3, -0.25) is 4.79 Å². The van der Waals surface area contributed by atoms with E-state index in [1.54, 1.807) is 0 Å². The maximum absolute atomic E-state index is 12.6. The first-order valence-corrected chi connectivity index (χ1v) is 5.26. The SMILES string of the molecule is CC(CCCN)C(=O)Nc1ccc(F)cn1. The highest BCUT2D eigenvalue weighted by molar-refractivity contribution is 5.91. The van der Waals surface area contributed by atoms with Gasteiger partial charge in [0.25, 0.3) is 0 Å². The summed E-state index contributed by atoms with van der Waals surface area (Å²) >= 11 is 0. The summed E-state index contributed by atoms with van der Waals surface area (Å²) in [7, 11) is 0. The maximum Gasteiger partial charge on any atom is 0.228 e. The molecule has 0 aliphatic carbocycles. The van der Waals surface area contributed by atoms with Crippen LogP contribution in [-0.4, -0.2) is 17.4 Å². The number of aromatic nitrogens is 1. The standard InChI is InChI=1S/C11H16FN3O/c1-8(3-2-6-13)11(16)15-10-5-4-9(12)7-14-10/h4-5,7-8H,2-3,6,13H2,1H3,(H,14,15,16). The van der Waals surface area contributed by atoms with Gasteiger partial charge >= 0.3 is 0 Å². The van der Waals surface area contributed by atoms with Gasteiger partial charge in [-0.2, -0.15) is 0 Å². The van der Waals surface area contributed by atoms with Crippen LogP contribution in [0.15, 0.2) is 18.3 Å². The zero-order valence-corrected chi connectivity index (χ0v) is 9.24. The monoisotopic (exact) mass is 225 g/mol. The van der Waals surface area contributed by atoms with Crippen LogP contribution in [0, 0.1) is 11.7 Å². The Morgan fingerprint density at radius 3 is 2.94 bits per heavy atom. The molecule has 1 unspecified atom stereocenters. The third-order valence-corrected chi connectivity index (χ3v) is 2.27. The second kappa shape index (κ2) is 6.17. The van der Waals surface area contributed by atoms with Crippen LogP contribution in [0.25, 0.3) is 0 Å². The van der Waals surface area contributed by atoms with E-state index < -0.39 is 5.82 Å². The molecule has 5 heteroatoms. The Morgan fingerprint density at radius 1 is 1.62 bits per heavy atom. The summed E-state index contributed by atoms with van der Waals surface area (Å²) in [5.74, 6) is -0.289. The molecular weight excluding hydrogens is 209 g/mol. The number of hydrogen-bond donors (Lipinski definition) is 2. The fourth-order valence-corrected chi connectivity index (χ4v) is 1.25. The minimum Gasteiger partial charge on any atom is -0.330 e. The highest BCUT2D eigenvalue weighted by Crippen LogP contribution is 2.09. The molecule has 0 spiro atoms. The largest absolute Gasteiger partial charge is 0.330 e. The van der Waals surface area contributed by atoms with E-state index in [2.05, 4.69) is 10.3 Å². The van der Waals surface area contributed by atoms with Gasteiger partial charge in [0.15, 0.2) is 0 Å². The molecule has 0 saturated carbocycles. The molecule has 0 aliphatic rings. The van der Waals surface area contributed by atoms with E-state index in [1.807, 2.05) is 6.92 Å². The first-order chi connectivity index (χ1) is 7.63. The van der Waals surface area contributed by atoms with Gasteiger partial charge in [-0.25, -0.2) is 9.37 Å². The zero-order valence-electron chi connectivity index (χ0n) is 9.24. The van der Waals surface area contributed by atoms with Gasteiger partial charge in [0.05, 0.1) is 6.20 Å². The summed E-state index contributed by atoms with van der Waals surface area (Å²) in [6.45, 7) is 2.40. The smallest absolute Gasteiger partial charge is 0.228 e. The number of nitrogens with zero attached hydrogens (tertiary/aromatic N) is 1. The number of nitrogens with two attached hydrogens (primary N) is 1. The van der Waals surface area contributed by atoms with Gasteiger partial charge in [-0.05, 0) is 31.5 Å². The summed E-state index contributed by atoms with van der Waals surface area (Å²) in [4.78, 5) is 15.4. The lowest BCUT2D eigenvalue weighted by molar-refractivity contribution is -0.119. The minimum absolute atomic E-state index is 0.115. The number of halogens is 1. The van der Waals surface area contributed by atoms with E-state index in [0.717, 1.165) is 19.0 Å². The van der Waals surface area contributed by atoms with E-state index in [9.17, 15) is 9.18 Å². The van der Waals surface area contributed by atoms with Gasteiger partial charge in [-0.15, -0.1) is 0 Å². The molecule has 1 heterocycles. The number of rotatable bonds is 5. The van der Waals surface area contributed by atoms with Crippen LogP contribution in [0.3, 0.4) is 0 Å². The van der Waals surface area contributed by atoms with Gasteiger partial charge in [-0.1, -0.05) is 6.92 Å². The van der Waals surface area contributed by atoms with E-state index in [1.165, 1.54) is 12.1 Å². The van der Waals surface area contributed by atoms with Crippen LogP contribution in [-0.2, 0) is 4.79 Å². The number of pyridine rings is 1. The molecule has 4 nitrogen and oxygen atoms in total. The number of carbonyl (C=O) groups excluding carboxylic acids is 1. The second-order valence-corrected chi connectivity index (χ2v) is 3.68. The third kappa shape index (κ3) is 3.94. The van der Waals surface area contributed by atoms with Crippen molar-refractivity contribution in [1.29, 1.82) is 0 Å². The Hall–Kier alpha value is -1.49. The normalized spacial score (nSPS) is 12.2. The summed E-state index contributed by atoms with van der Waals surface area (Å²) < 4.78 is 12.6.